The lowest BCUT2D eigenvalue weighted by molar-refractivity contribution is -0.137. The van der Waals surface area contributed by atoms with Gasteiger partial charge in [0.15, 0.2) is 17.7 Å². The number of hydrogen-bond donors (Lipinski definition) is 1. The van der Waals surface area contributed by atoms with Gasteiger partial charge in [0.25, 0.3) is 11.8 Å². The molecule has 0 saturated heterocycles. The molecule has 0 bridgehead atoms. The zero-order valence-corrected chi connectivity index (χ0v) is 33.2. The molecule has 60 heavy (non-hydrogen) atoms. The summed E-state index contributed by atoms with van der Waals surface area (Å²) in [5, 5.41) is 18.1. The Morgan fingerprint density at radius 1 is 0.800 bits per heavy atom. The highest BCUT2D eigenvalue weighted by atomic mass is 16.5. The summed E-state index contributed by atoms with van der Waals surface area (Å²) in [6, 6.07) is 24.6. The van der Waals surface area contributed by atoms with E-state index in [9.17, 15) is 14.4 Å². The number of carboxylic acid groups (broad SMARTS) is 1. The smallest absolute Gasteiger partial charge is 0.303 e. The molecule has 1 aliphatic carbocycles. The number of unbranched alkanes of at least 4 members (excludes halogenated alkanes) is 1. The third-order valence-corrected chi connectivity index (χ3v) is 11.3. The Morgan fingerprint density at radius 3 is 2.32 bits per heavy atom. The number of fused-ring (bicyclic) bond motifs is 8. The molecule has 2 amide bonds. The number of methoxy groups -OCH3 is 2. The maximum absolute atomic E-state index is 13.9. The summed E-state index contributed by atoms with van der Waals surface area (Å²) in [5.41, 5.74) is 7.16. The van der Waals surface area contributed by atoms with E-state index in [2.05, 4.69) is 10.2 Å². The first-order valence-corrected chi connectivity index (χ1v) is 20.0. The summed E-state index contributed by atoms with van der Waals surface area (Å²) in [5.74, 6) is 0.172. The average Bonchev–Trinajstić information content (AvgIpc) is 3.75. The molecule has 4 aliphatic heterocycles. The van der Waals surface area contributed by atoms with Crippen molar-refractivity contribution in [1.82, 2.24) is 0 Å². The molecule has 4 atom stereocenters. The van der Waals surface area contributed by atoms with Crippen molar-refractivity contribution in [3.8, 4) is 17.2 Å². The molecule has 3 unspecified atom stereocenters. The van der Waals surface area contributed by atoms with Crippen molar-refractivity contribution in [3.05, 3.63) is 130 Å². The lowest BCUT2D eigenvalue weighted by Crippen LogP contribution is -2.38. The van der Waals surface area contributed by atoms with Gasteiger partial charge in [0.05, 0.1) is 48.9 Å². The molecule has 5 aliphatic rings. The molecular weight excluding hydrogens is 767 g/mol. The van der Waals surface area contributed by atoms with Crippen LogP contribution < -0.4 is 24.0 Å². The van der Waals surface area contributed by atoms with E-state index in [1.807, 2.05) is 72.9 Å². The summed E-state index contributed by atoms with van der Waals surface area (Å²) in [7, 11) is 3.10. The molecule has 14 nitrogen and oxygen atoms in total. The fraction of sp³-hybridized carbons (Fsp3) is 0.304. The van der Waals surface area contributed by atoms with Crippen molar-refractivity contribution >= 4 is 41.1 Å². The first-order chi connectivity index (χ1) is 29.3. The van der Waals surface area contributed by atoms with Crippen LogP contribution in [0.3, 0.4) is 0 Å². The number of benzene rings is 4. The Bertz CT molecular complexity index is 2500. The fourth-order valence-corrected chi connectivity index (χ4v) is 8.35. The van der Waals surface area contributed by atoms with E-state index in [1.54, 1.807) is 41.2 Å². The number of amides is 2. The van der Waals surface area contributed by atoms with Gasteiger partial charge in [-0.15, -0.1) is 0 Å². The highest BCUT2D eigenvalue weighted by molar-refractivity contribution is 6.15. The molecule has 1 N–H and O–H groups in total. The van der Waals surface area contributed by atoms with E-state index >= 15 is 0 Å². The molecular formula is C46H43N5O9. The van der Waals surface area contributed by atoms with E-state index in [1.165, 1.54) is 7.11 Å². The van der Waals surface area contributed by atoms with Crippen LogP contribution in [0.1, 0.15) is 51.9 Å². The lowest BCUT2D eigenvalue weighted by atomic mass is 9.97. The summed E-state index contributed by atoms with van der Waals surface area (Å²) in [6.45, 7) is 0.579. The van der Waals surface area contributed by atoms with Gasteiger partial charge >= 0.3 is 5.97 Å². The van der Waals surface area contributed by atoms with Crippen LogP contribution in [0.4, 0.5) is 17.1 Å². The SMILES string of the molecule is COc1cc2c(cc1OCc1cc(COC3C=C4N=NC5Cc6ccccc6N5C(=O)C4=CC3OC)cc(OCCCCC(=O)O)c1)N=C[C@@H]1Cc3ccccc3N1C2=O. The number of carbonyl (C=O) groups excluding carboxylic acids is 2. The monoisotopic (exact) mass is 809 g/mol. The van der Waals surface area contributed by atoms with Crippen LogP contribution in [0, 0.1) is 0 Å². The zero-order valence-electron chi connectivity index (χ0n) is 33.2. The number of azo groups is 1. The van der Waals surface area contributed by atoms with Gasteiger partial charge in [0.1, 0.15) is 24.6 Å². The number of ether oxygens (including phenoxy) is 5. The van der Waals surface area contributed by atoms with Gasteiger partial charge in [-0.3, -0.25) is 29.2 Å². The Labute approximate surface area is 346 Å². The van der Waals surface area contributed by atoms with Gasteiger partial charge in [-0.2, -0.15) is 10.2 Å². The molecule has 14 heteroatoms. The number of rotatable bonds is 14. The molecule has 4 heterocycles. The summed E-state index contributed by atoms with van der Waals surface area (Å²) in [4.78, 5) is 47.1. The highest BCUT2D eigenvalue weighted by Crippen LogP contribution is 2.42. The Kier molecular flexibility index (Phi) is 10.7. The standard InChI is InChI=1S/C46H43N5O9/c1-56-39-20-33-35(47-24-31-18-29-9-3-5-11-37(29)50(31)45(33)54)22-41(39)59-25-27-15-28(17-32(16-27)58-14-8-7-13-44(52)53)26-60-42-23-36-34(21-40(42)57-2)46(55)51-38-12-6-4-10-30(38)19-43(51)49-48-36/h3-6,9-12,15-17,20-24,31,40,42-43H,7-8,13-14,18-19,25-26H2,1-2H3,(H,52,53)/t31-,40?,42?,43?/m0/s1. The summed E-state index contributed by atoms with van der Waals surface area (Å²) >= 11 is 0. The predicted octanol–water partition coefficient (Wildman–Crippen LogP) is 7.30. The Morgan fingerprint density at radius 2 is 1.55 bits per heavy atom. The third kappa shape index (κ3) is 7.55. The van der Waals surface area contributed by atoms with Crippen LogP contribution in [-0.2, 0) is 45.1 Å². The quantitative estimate of drug-likeness (QED) is 0.129. The van der Waals surface area contributed by atoms with Gasteiger partial charge in [-0.1, -0.05) is 36.4 Å². The minimum absolute atomic E-state index is 0.0609. The molecule has 4 aromatic rings. The van der Waals surface area contributed by atoms with Gasteiger partial charge in [-0.05, 0) is 83.6 Å². The van der Waals surface area contributed by atoms with Crippen LogP contribution in [0.2, 0.25) is 0 Å². The molecule has 306 valence electrons. The lowest BCUT2D eigenvalue weighted by Gasteiger charge is -2.27. The molecule has 9 rings (SSSR count). The number of aliphatic imine (C=N–C) groups is 1. The maximum atomic E-state index is 13.9. The fourth-order valence-electron chi connectivity index (χ4n) is 8.35. The van der Waals surface area contributed by atoms with E-state index in [4.69, 9.17) is 33.8 Å². The number of anilines is 2. The predicted molar refractivity (Wildman–Crippen MR) is 221 cm³/mol. The van der Waals surface area contributed by atoms with Crippen molar-refractivity contribution in [2.75, 3.05) is 30.6 Å². The van der Waals surface area contributed by atoms with Crippen molar-refractivity contribution in [3.63, 3.8) is 0 Å². The Balaban J connectivity index is 0.935. The zero-order chi connectivity index (χ0) is 41.3. The summed E-state index contributed by atoms with van der Waals surface area (Å²) < 4.78 is 30.5. The normalized spacial score (nSPS) is 20.8. The number of aliphatic carboxylic acids is 1. The van der Waals surface area contributed by atoms with E-state index < -0.39 is 24.3 Å². The molecule has 4 aromatic carbocycles. The largest absolute Gasteiger partial charge is 0.494 e. The van der Waals surface area contributed by atoms with Gasteiger partial charge < -0.3 is 28.8 Å². The first kappa shape index (κ1) is 38.9. The second-order valence-electron chi connectivity index (χ2n) is 15.2. The molecule has 0 spiro atoms. The minimum Gasteiger partial charge on any atom is -0.494 e. The molecule has 0 radical (unpaired) electrons. The van der Waals surface area contributed by atoms with Crippen molar-refractivity contribution in [1.29, 1.82) is 0 Å². The van der Waals surface area contributed by atoms with Gasteiger partial charge in [-0.25, -0.2) is 0 Å². The van der Waals surface area contributed by atoms with Crippen LogP contribution in [-0.4, -0.2) is 74.3 Å². The van der Waals surface area contributed by atoms with Gasteiger partial charge in [0, 0.05) is 50.0 Å². The maximum Gasteiger partial charge on any atom is 0.303 e. The molecule has 0 aromatic heterocycles. The van der Waals surface area contributed by atoms with Crippen LogP contribution in [0.15, 0.2) is 118 Å². The highest BCUT2D eigenvalue weighted by Gasteiger charge is 2.41. The average molecular weight is 810 g/mol. The van der Waals surface area contributed by atoms with Crippen LogP contribution in [0.25, 0.3) is 0 Å². The van der Waals surface area contributed by atoms with E-state index in [0.29, 0.717) is 72.1 Å². The first-order valence-electron chi connectivity index (χ1n) is 20.0. The second kappa shape index (κ2) is 16.5. The Hall–Kier alpha value is -6.64. The number of para-hydroxylation sites is 2. The van der Waals surface area contributed by atoms with Crippen molar-refractivity contribution in [2.45, 2.75) is 69.7 Å². The minimum atomic E-state index is -0.850. The van der Waals surface area contributed by atoms with E-state index in [-0.39, 0.29) is 37.5 Å². The number of carbonyl (C=O) groups is 3. The second-order valence-corrected chi connectivity index (χ2v) is 15.2. The third-order valence-electron chi connectivity index (χ3n) is 11.3. The number of nitrogens with zero attached hydrogens (tertiary/aromatic N) is 5. The number of hydrogen-bond acceptors (Lipinski definition) is 11. The van der Waals surface area contributed by atoms with Crippen molar-refractivity contribution < 1.29 is 43.2 Å². The van der Waals surface area contributed by atoms with Crippen molar-refractivity contribution in [2.24, 2.45) is 15.2 Å². The molecule has 0 fully saturated rings. The summed E-state index contributed by atoms with van der Waals surface area (Å²) in [6.07, 6.45) is 6.15. The van der Waals surface area contributed by atoms with Gasteiger partial charge in [0.2, 0.25) is 0 Å². The number of carboxylic acids is 1. The van der Waals surface area contributed by atoms with Crippen LogP contribution in [0.5, 0.6) is 17.2 Å². The van der Waals surface area contributed by atoms with Crippen LogP contribution >= 0.6 is 0 Å². The topological polar surface area (TPSA) is 161 Å². The molecule has 0 saturated carbocycles. The van der Waals surface area contributed by atoms with E-state index in [0.717, 1.165) is 33.6 Å².